The topological polar surface area (TPSA) is 51.6 Å². The van der Waals surface area contributed by atoms with Gasteiger partial charge in [0.1, 0.15) is 4.83 Å². The zero-order chi connectivity index (χ0) is 29.7. The average molecular weight is 593 g/mol. The van der Waals surface area contributed by atoms with Gasteiger partial charge in [0.05, 0.1) is 27.1 Å². The van der Waals surface area contributed by atoms with Crippen LogP contribution in [0.3, 0.4) is 0 Å². The maximum absolute atomic E-state index is 5.15. The molecule has 0 N–H and O–H groups in total. The van der Waals surface area contributed by atoms with E-state index in [1.807, 2.05) is 36.5 Å². The van der Waals surface area contributed by atoms with Crippen LogP contribution in [0.1, 0.15) is 0 Å². The Labute approximate surface area is 263 Å². The second-order valence-electron chi connectivity index (χ2n) is 11.1. The van der Waals surface area contributed by atoms with Crippen molar-refractivity contribution in [3.8, 4) is 45.0 Å². The number of aromatic nitrogens is 4. The molecule has 0 aliphatic carbocycles. The molecule has 9 aromatic rings. The van der Waals surface area contributed by atoms with Crippen molar-refractivity contribution >= 4 is 53.4 Å². The van der Waals surface area contributed by atoms with E-state index >= 15 is 0 Å². The molecule has 210 valence electrons. The van der Waals surface area contributed by atoms with E-state index in [4.69, 9.17) is 19.9 Å². The Bertz CT molecular complexity index is 2540. The number of rotatable bonds is 4. The lowest BCUT2D eigenvalue weighted by Gasteiger charge is -2.08. The van der Waals surface area contributed by atoms with Crippen molar-refractivity contribution < 1.29 is 0 Å². The summed E-state index contributed by atoms with van der Waals surface area (Å²) in [6, 6.07) is 48.4. The molecular weight excluding hydrogens is 569 g/mol. The van der Waals surface area contributed by atoms with Crippen molar-refractivity contribution in [2.75, 3.05) is 0 Å². The van der Waals surface area contributed by atoms with Gasteiger partial charge in [0, 0.05) is 39.2 Å². The minimum absolute atomic E-state index is 0.712. The summed E-state index contributed by atoms with van der Waals surface area (Å²) in [5.41, 5.74) is 9.11. The third kappa shape index (κ3) is 4.53. The number of fused-ring (bicyclic) bond motifs is 5. The minimum atomic E-state index is 0.712. The highest BCUT2D eigenvalue weighted by Gasteiger charge is 2.18. The number of hydrogen-bond donors (Lipinski definition) is 0. The number of pyridine rings is 2. The monoisotopic (exact) mass is 592 g/mol. The van der Waals surface area contributed by atoms with Gasteiger partial charge in [0.2, 0.25) is 0 Å². The number of nitrogens with zero attached hydrogens (tertiary/aromatic N) is 4. The molecule has 0 unspecified atom stereocenters. The van der Waals surface area contributed by atoms with Crippen molar-refractivity contribution in [2.45, 2.75) is 0 Å². The van der Waals surface area contributed by atoms with Crippen LogP contribution in [-0.2, 0) is 0 Å². The molecule has 0 amide bonds. The molecule has 0 saturated heterocycles. The van der Waals surface area contributed by atoms with Crippen LogP contribution in [0.15, 0.2) is 146 Å². The molecule has 0 aliphatic rings. The van der Waals surface area contributed by atoms with E-state index in [-0.39, 0.29) is 0 Å². The van der Waals surface area contributed by atoms with Gasteiger partial charge in [-0.25, -0.2) is 19.9 Å². The van der Waals surface area contributed by atoms with E-state index in [1.54, 1.807) is 11.3 Å². The predicted octanol–water partition coefficient (Wildman–Crippen LogP) is 10.6. The molecular formula is C40H24N4S. The van der Waals surface area contributed by atoms with Crippen LogP contribution in [0, 0.1) is 0 Å². The van der Waals surface area contributed by atoms with Gasteiger partial charge in [0.15, 0.2) is 5.82 Å². The summed E-state index contributed by atoms with van der Waals surface area (Å²) in [6.07, 6.45) is 1.96. The van der Waals surface area contributed by atoms with E-state index in [0.29, 0.717) is 5.82 Å². The summed E-state index contributed by atoms with van der Waals surface area (Å²) in [6.45, 7) is 0. The molecule has 4 heterocycles. The number of hydrogen-bond acceptors (Lipinski definition) is 5. The first-order chi connectivity index (χ1) is 22.3. The third-order valence-electron chi connectivity index (χ3n) is 8.34. The average Bonchev–Trinajstić information content (AvgIpc) is 3.49. The van der Waals surface area contributed by atoms with E-state index in [1.165, 1.54) is 10.8 Å². The van der Waals surface area contributed by atoms with Crippen molar-refractivity contribution in [1.82, 2.24) is 19.9 Å². The molecule has 4 nitrogen and oxygen atoms in total. The molecule has 0 saturated carbocycles. The second kappa shape index (κ2) is 10.4. The first-order valence-corrected chi connectivity index (χ1v) is 15.7. The Kier molecular flexibility index (Phi) is 5.96. The fraction of sp³-hybridized carbons (Fsp3) is 0. The van der Waals surface area contributed by atoms with Crippen LogP contribution in [-0.4, -0.2) is 19.9 Å². The maximum Gasteiger partial charge on any atom is 0.160 e. The first-order valence-electron chi connectivity index (χ1n) is 14.9. The Morgan fingerprint density at radius 1 is 0.467 bits per heavy atom. The molecule has 0 spiro atoms. The Balaban J connectivity index is 1.18. The molecule has 0 radical (unpaired) electrons. The number of para-hydroxylation sites is 1. The summed E-state index contributed by atoms with van der Waals surface area (Å²) in [5.74, 6) is 0.712. The normalized spacial score (nSPS) is 11.6. The highest BCUT2D eigenvalue weighted by molar-refractivity contribution is 7.25. The van der Waals surface area contributed by atoms with Gasteiger partial charge in [-0.2, -0.15) is 0 Å². The number of benzene rings is 5. The summed E-state index contributed by atoms with van der Waals surface area (Å²) in [5, 5.41) is 4.57. The second-order valence-corrected chi connectivity index (χ2v) is 12.1. The summed E-state index contributed by atoms with van der Waals surface area (Å²) < 4.78 is 1.04. The molecule has 9 rings (SSSR count). The summed E-state index contributed by atoms with van der Waals surface area (Å²) in [4.78, 5) is 21.1. The van der Waals surface area contributed by atoms with Crippen LogP contribution in [0.2, 0.25) is 0 Å². The fourth-order valence-corrected chi connectivity index (χ4v) is 7.07. The lowest BCUT2D eigenvalue weighted by molar-refractivity contribution is 1.24. The zero-order valence-electron chi connectivity index (χ0n) is 24.1. The maximum atomic E-state index is 5.15. The zero-order valence-corrected chi connectivity index (χ0v) is 24.9. The Morgan fingerprint density at radius 3 is 2.04 bits per heavy atom. The largest absolute Gasteiger partial charge is 0.248 e. The first kappa shape index (κ1) is 25.7. The third-order valence-corrected chi connectivity index (χ3v) is 9.45. The molecule has 0 fully saturated rings. The lowest BCUT2D eigenvalue weighted by Crippen LogP contribution is -1.93. The van der Waals surface area contributed by atoms with Crippen LogP contribution in [0.5, 0.6) is 0 Å². The van der Waals surface area contributed by atoms with Crippen molar-refractivity contribution in [1.29, 1.82) is 0 Å². The smallest absolute Gasteiger partial charge is 0.160 e. The van der Waals surface area contributed by atoms with E-state index < -0.39 is 0 Å². The van der Waals surface area contributed by atoms with Crippen LogP contribution < -0.4 is 0 Å². The quantitative estimate of drug-likeness (QED) is 0.204. The van der Waals surface area contributed by atoms with Crippen LogP contribution >= 0.6 is 11.3 Å². The van der Waals surface area contributed by atoms with Crippen molar-refractivity contribution in [3.63, 3.8) is 0 Å². The predicted molar refractivity (Wildman–Crippen MR) is 187 cm³/mol. The Morgan fingerprint density at radius 2 is 1.18 bits per heavy atom. The van der Waals surface area contributed by atoms with Gasteiger partial charge >= 0.3 is 0 Å². The molecule has 5 heteroatoms. The van der Waals surface area contributed by atoms with Gasteiger partial charge < -0.3 is 0 Å². The van der Waals surface area contributed by atoms with Gasteiger partial charge in [-0.1, -0.05) is 115 Å². The van der Waals surface area contributed by atoms with E-state index in [9.17, 15) is 0 Å². The van der Waals surface area contributed by atoms with Gasteiger partial charge in [0.25, 0.3) is 0 Å². The van der Waals surface area contributed by atoms with Gasteiger partial charge in [-0.15, -0.1) is 11.3 Å². The minimum Gasteiger partial charge on any atom is -0.248 e. The van der Waals surface area contributed by atoms with Crippen LogP contribution in [0.25, 0.3) is 87.1 Å². The molecule has 0 bridgehead atoms. The SMILES string of the molecule is c1ccc(-c2nc(-c3ccc4ccccc4c3)c3sc4ncc(-c5ccc(-c6ccc7ccccc7n6)cc5)cc4c3n2)cc1. The van der Waals surface area contributed by atoms with Gasteiger partial charge in [-0.3, -0.25) is 0 Å². The Hall–Kier alpha value is -5.78. The van der Waals surface area contributed by atoms with E-state index in [2.05, 4.69) is 109 Å². The van der Waals surface area contributed by atoms with E-state index in [0.717, 1.165) is 70.5 Å². The molecule has 5 aromatic carbocycles. The lowest BCUT2D eigenvalue weighted by atomic mass is 10.0. The highest BCUT2D eigenvalue weighted by Crippen LogP contribution is 2.40. The number of thiophene rings is 1. The summed E-state index contributed by atoms with van der Waals surface area (Å²) in [7, 11) is 0. The highest BCUT2D eigenvalue weighted by atomic mass is 32.1. The van der Waals surface area contributed by atoms with Crippen LogP contribution in [0.4, 0.5) is 0 Å². The molecule has 0 atom stereocenters. The standard InChI is InChI=1S/C40H24N4S/c1-2-10-29(11-3-1)39-43-36(31-19-16-25-8-4-5-12-30(25)22-31)38-37(44-39)33-23-32(24-41-40(33)45-38)26-14-17-28(18-15-26)35-21-20-27-9-6-7-13-34(27)42-35/h1-24H. The molecule has 45 heavy (non-hydrogen) atoms. The molecule has 0 aliphatic heterocycles. The fourth-order valence-electron chi connectivity index (χ4n) is 6.00. The van der Waals surface area contributed by atoms with Crippen molar-refractivity contribution in [3.05, 3.63) is 146 Å². The van der Waals surface area contributed by atoms with Gasteiger partial charge in [-0.05, 0) is 40.6 Å². The van der Waals surface area contributed by atoms with Crippen molar-refractivity contribution in [2.24, 2.45) is 0 Å². The molecule has 4 aromatic heterocycles. The summed E-state index contributed by atoms with van der Waals surface area (Å²) >= 11 is 1.65.